The number of nitrogens with zero attached hydrogens (tertiary/aromatic N) is 2. The van der Waals surface area contributed by atoms with Crippen molar-refractivity contribution < 1.29 is 0 Å². The Morgan fingerprint density at radius 1 is 1.11 bits per heavy atom. The Kier molecular flexibility index (Phi) is 4.16. The average Bonchev–Trinajstić information content (AvgIpc) is 3.02. The molecule has 3 fully saturated rings. The molecule has 3 heteroatoms. The van der Waals surface area contributed by atoms with E-state index in [2.05, 4.69) is 16.7 Å². The van der Waals surface area contributed by atoms with E-state index in [4.69, 9.17) is 5.73 Å². The quantitative estimate of drug-likeness (QED) is 0.844. The normalized spacial score (nSPS) is 37.9. The van der Waals surface area contributed by atoms with Gasteiger partial charge in [0.15, 0.2) is 0 Å². The number of piperidine rings is 1. The second-order valence-corrected chi connectivity index (χ2v) is 6.97. The third-order valence-electron chi connectivity index (χ3n) is 6.11. The number of likely N-dealkylation sites (tertiary alicyclic amines) is 1. The van der Waals surface area contributed by atoms with E-state index in [0.717, 1.165) is 18.5 Å². The Hall–Kier alpha value is -0.120. The van der Waals surface area contributed by atoms with E-state index in [9.17, 15) is 0 Å². The lowest BCUT2D eigenvalue weighted by Gasteiger charge is -2.47. The lowest BCUT2D eigenvalue weighted by Crippen LogP contribution is -2.61. The van der Waals surface area contributed by atoms with Gasteiger partial charge in [0.1, 0.15) is 0 Å². The van der Waals surface area contributed by atoms with Gasteiger partial charge in [-0.3, -0.25) is 9.80 Å². The molecule has 2 atom stereocenters. The first-order valence-electron chi connectivity index (χ1n) is 8.49. The van der Waals surface area contributed by atoms with E-state index in [0.29, 0.717) is 5.54 Å². The Labute approximate surface area is 118 Å². The van der Waals surface area contributed by atoms with Gasteiger partial charge in [0.2, 0.25) is 0 Å². The van der Waals surface area contributed by atoms with Crippen LogP contribution in [0.25, 0.3) is 0 Å². The van der Waals surface area contributed by atoms with Crippen LogP contribution in [0.4, 0.5) is 0 Å². The summed E-state index contributed by atoms with van der Waals surface area (Å²) >= 11 is 0. The maximum Gasteiger partial charge on any atom is 0.0498 e. The average molecular weight is 265 g/mol. The highest BCUT2D eigenvalue weighted by atomic mass is 15.3. The zero-order valence-electron chi connectivity index (χ0n) is 12.6. The van der Waals surface area contributed by atoms with Crippen molar-refractivity contribution in [2.24, 2.45) is 11.7 Å². The van der Waals surface area contributed by atoms with Gasteiger partial charge >= 0.3 is 0 Å². The zero-order chi connectivity index (χ0) is 13.3. The molecule has 3 aliphatic rings. The summed E-state index contributed by atoms with van der Waals surface area (Å²) in [6, 6.07) is 0.764. The lowest BCUT2D eigenvalue weighted by atomic mass is 9.83. The van der Waals surface area contributed by atoms with Gasteiger partial charge in [-0.05, 0) is 57.7 Å². The summed E-state index contributed by atoms with van der Waals surface area (Å²) in [4.78, 5) is 5.50. The summed E-state index contributed by atoms with van der Waals surface area (Å²) < 4.78 is 0. The van der Waals surface area contributed by atoms with E-state index in [1.165, 1.54) is 71.1 Å². The van der Waals surface area contributed by atoms with E-state index in [1.54, 1.807) is 0 Å². The molecule has 0 aromatic carbocycles. The summed E-state index contributed by atoms with van der Waals surface area (Å²) in [6.45, 7) is 8.39. The van der Waals surface area contributed by atoms with Crippen molar-refractivity contribution in [1.82, 2.24) is 9.80 Å². The molecular weight excluding hydrogens is 234 g/mol. The molecule has 0 amide bonds. The highest BCUT2D eigenvalue weighted by Gasteiger charge is 2.51. The molecule has 19 heavy (non-hydrogen) atoms. The maximum absolute atomic E-state index is 6.28. The minimum Gasteiger partial charge on any atom is -0.329 e. The van der Waals surface area contributed by atoms with Gasteiger partial charge in [-0.2, -0.15) is 0 Å². The van der Waals surface area contributed by atoms with Crippen LogP contribution in [0.1, 0.15) is 51.9 Å². The molecule has 3 aliphatic heterocycles. The van der Waals surface area contributed by atoms with E-state index in [-0.39, 0.29) is 0 Å². The van der Waals surface area contributed by atoms with Crippen LogP contribution in [0.3, 0.4) is 0 Å². The van der Waals surface area contributed by atoms with Crippen molar-refractivity contribution in [3.8, 4) is 0 Å². The van der Waals surface area contributed by atoms with Crippen molar-refractivity contribution in [3.05, 3.63) is 0 Å². The molecule has 0 aliphatic carbocycles. The van der Waals surface area contributed by atoms with Crippen LogP contribution < -0.4 is 5.73 Å². The van der Waals surface area contributed by atoms with Crippen molar-refractivity contribution in [1.29, 1.82) is 0 Å². The molecule has 0 aromatic rings. The fourth-order valence-electron chi connectivity index (χ4n) is 5.02. The number of hydrogen-bond donors (Lipinski definition) is 1. The molecule has 0 spiro atoms. The van der Waals surface area contributed by atoms with Gasteiger partial charge in [-0.15, -0.1) is 0 Å². The molecular formula is C16H31N3. The van der Waals surface area contributed by atoms with Crippen molar-refractivity contribution in [3.63, 3.8) is 0 Å². The molecule has 2 unspecified atom stereocenters. The molecule has 3 nitrogen and oxygen atoms in total. The van der Waals surface area contributed by atoms with Gasteiger partial charge in [0.25, 0.3) is 0 Å². The van der Waals surface area contributed by atoms with E-state index >= 15 is 0 Å². The smallest absolute Gasteiger partial charge is 0.0498 e. The molecule has 0 aromatic heterocycles. The summed E-state index contributed by atoms with van der Waals surface area (Å²) in [7, 11) is 0. The summed E-state index contributed by atoms with van der Waals surface area (Å²) in [5, 5.41) is 0. The van der Waals surface area contributed by atoms with Crippen LogP contribution in [0.5, 0.6) is 0 Å². The van der Waals surface area contributed by atoms with Crippen molar-refractivity contribution >= 4 is 0 Å². The largest absolute Gasteiger partial charge is 0.329 e. The first-order chi connectivity index (χ1) is 9.30. The molecule has 0 radical (unpaired) electrons. The van der Waals surface area contributed by atoms with Crippen LogP contribution in [-0.2, 0) is 0 Å². The number of fused-ring (bicyclic) bond motifs is 1. The lowest BCUT2D eigenvalue weighted by molar-refractivity contribution is 0.0325. The Morgan fingerprint density at radius 3 is 2.58 bits per heavy atom. The summed E-state index contributed by atoms with van der Waals surface area (Å²) in [5.74, 6) is 0.983. The first kappa shape index (κ1) is 13.8. The fourth-order valence-corrected chi connectivity index (χ4v) is 5.02. The van der Waals surface area contributed by atoms with Crippen LogP contribution >= 0.6 is 0 Å². The molecule has 3 saturated heterocycles. The predicted octanol–water partition coefficient (Wildman–Crippen LogP) is 2.06. The monoisotopic (exact) mass is 265 g/mol. The SMILES string of the molecule is CCCC1CCN(C2(CN)CCN3CCCC32)CC1. The third-order valence-corrected chi connectivity index (χ3v) is 6.11. The maximum atomic E-state index is 6.28. The minimum absolute atomic E-state index is 0.327. The van der Waals surface area contributed by atoms with Gasteiger partial charge in [0, 0.05) is 24.7 Å². The number of rotatable bonds is 4. The topological polar surface area (TPSA) is 32.5 Å². The second kappa shape index (κ2) is 5.71. The molecule has 3 rings (SSSR count). The number of hydrogen-bond acceptors (Lipinski definition) is 3. The predicted molar refractivity (Wildman–Crippen MR) is 80.2 cm³/mol. The number of nitrogens with two attached hydrogens (primary N) is 1. The van der Waals surface area contributed by atoms with E-state index in [1.807, 2.05) is 0 Å². The summed E-state index contributed by atoms with van der Waals surface area (Å²) in [6.07, 6.45) is 9.67. The molecule has 0 saturated carbocycles. The highest BCUT2D eigenvalue weighted by Crippen LogP contribution is 2.41. The van der Waals surface area contributed by atoms with Crippen molar-refractivity contribution in [2.75, 3.05) is 32.7 Å². The van der Waals surface area contributed by atoms with Crippen molar-refractivity contribution in [2.45, 2.75) is 63.5 Å². The van der Waals surface area contributed by atoms with Gasteiger partial charge in [0.05, 0.1) is 0 Å². The first-order valence-corrected chi connectivity index (χ1v) is 8.49. The van der Waals surface area contributed by atoms with Crippen LogP contribution in [0, 0.1) is 5.92 Å². The molecule has 110 valence electrons. The van der Waals surface area contributed by atoms with Crippen LogP contribution in [-0.4, -0.2) is 54.1 Å². The third kappa shape index (κ3) is 2.34. The highest BCUT2D eigenvalue weighted by molar-refractivity contribution is 5.10. The minimum atomic E-state index is 0.327. The molecule has 0 bridgehead atoms. The van der Waals surface area contributed by atoms with Gasteiger partial charge < -0.3 is 5.73 Å². The van der Waals surface area contributed by atoms with Gasteiger partial charge in [-0.1, -0.05) is 19.8 Å². The molecule has 2 N–H and O–H groups in total. The van der Waals surface area contributed by atoms with E-state index < -0.39 is 0 Å². The Morgan fingerprint density at radius 2 is 1.89 bits per heavy atom. The Balaban J connectivity index is 1.66. The second-order valence-electron chi connectivity index (χ2n) is 6.97. The Bertz CT molecular complexity index is 298. The zero-order valence-corrected chi connectivity index (χ0v) is 12.6. The van der Waals surface area contributed by atoms with Crippen LogP contribution in [0.2, 0.25) is 0 Å². The summed E-state index contributed by atoms with van der Waals surface area (Å²) in [5.41, 5.74) is 6.61. The van der Waals surface area contributed by atoms with Gasteiger partial charge in [-0.25, -0.2) is 0 Å². The van der Waals surface area contributed by atoms with Crippen LogP contribution in [0.15, 0.2) is 0 Å². The fraction of sp³-hybridized carbons (Fsp3) is 1.00. The molecule has 3 heterocycles. The standard InChI is InChI=1S/C16H31N3/c1-2-4-14-6-10-19(11-7-14)16(13-17)8-12-18-9-3-5-15(16)18/h14-15H,2-13,17H2,1H3.